The summed E-state index contributed by atoms with van der Waals surface area (Å²) in [5, 5.41) is 0.352. The summed E-state index contributed by atoms with van der Waals surface area (Å²) in [4.78, 5) is 20.9. The zero-order valence-electron chi connectivity index (χ0n) is 4.99. The van der Waals surface area contributed by atoms with Crippen LogP contribution in [0.2, 0.25) is 0 Å². The van der Waals surface area contributed by atoms with Gasteiger partial charge in [0.25, 0.3) is 0 Å². The van der Waals surface area contributed by atoms with Crippen molar-refractivity contribution in [3.8, 4) is 0 Å². The minimum absolute atomic E-state index is 0.176. The van der Waals surface area contributed by atoms with Gasteiger partial charge >= 0.3 is 0 Å². The van der Waals surface area contributed by atoms with E-state index in [-0.39, 0.29) is 22.5 Å². The zero-order chi connectivity index (χ0) is 7.98. The Balaban J connectivity index is 3.35. The average molecular weight is 274 g/mol. The van der Waals surface area contributed by atoms with Crippen molar-refractivity contribution in [2.45, 2.75) is 0 Å². The molecule has 6 heteroatoms. The van der Waals surface area contributed by atoms with Crippen LogP contribution in [-0.2, 0) is 9.59 Å². The van der Waals surface area contributed by atoms with Crippen LogP contribution in [-0.4, -0.2) is 22.5 Å². The standard InChI is InChI=1S/C4H6Br2N2O2/c5-1-3(9)7-8-4(10)2-6/h1-2H2,(H,7,9)(H,8,10). The Hall–Kier alpha value is -0.100. The lowest BCUT2D eigenvalue weighted by atomic mass is 10.7. The SMILES string of the molecule is O=C(CBr)NNC(=O)CBr. The number of nitrogens with one attached hydrogen (secondary N) is 2. The third-order valence-electron chi connectivity index (χ3n) is 0.584. The monoisotopic (exact) mass is 272 g/mol. The highest BCUT2D eigenvalue weighted by molar-refractivity contribution is 9.09. The molecule has 0 radical (unpaired) electrons. The summed E-state index contributed by atoms with van der Waals surface area (Å²) >= 11 is 5.82. The summed E-state index contributed by atoms with van der Waals surface area (Å²) in [6, 6.07) is 0. The van der Waals surface area contributed by atoms with Crippen molar-refractivity contribution < 1.29 is 9.59 Å². The van der Waals surface area contributed by atoms with E-state index in [0.29, 0.717) is 0 Å². The molecule has 0 spiro atoms. The van der Waals surface area contributed by atoms with Crippen LogP contribution in [0.15, 0.2) is 0 Å². The molecule has 0 rings (SSSR count). The summed E-state index contributed by atoms with van der Waals surface area (Å²) in [6.07, 6.45) is 0. The minimum Gasteiger partial charge on any atom is -0.272 e. The van der Waals surface area contributed by atoms with Crippen LogP contribution in [0.5, 0.6) is 0 Å². The zero-order valence-corrected chi connectivity index (χ0v) is 8.16. The summed E-state index contributed by atoms with van der Waals surface area (Å²) in [5.41, 5.74) is 4.34. The largest absolute Gasteiger partial charge is 0.272 e. The molecule has 4 nitrogen and oxygen atoms in total. The van der Waals surface area contributed by atoms with Crippen LogP contribution < -0.4 is 10.9 Å². The number of amides is 2. The Labute approximate surface area is 75.0 Å². The van der Waals surface area contributed by atoms with Crippen LogP contribution in [0.4, 0.5) is 0 Å². The van der Waals surface area contributed by atoms with Crippen molar-refractivity contribution in [1.29, 1.82) is 0 Å². The van der Waals surface area contributed by atoms with Crippen LogP contribution in [0, 0.1) is 0 Å². The van der Waals surface area contributed by atoms with E-state index in [1.54, 1.807) is 0 Å². The predicted molar refractivity (Wildman–Crippen MR) is 43.9 cm³/mol. The summed E-state index contributed by atoms with van der Waals surface area (Å²) < 4.78 is 0. The summed E-state index contributed by atoms with van der Waals surface area (Å²) in [6.45, 7) is 0. The second kappa shape index (κ2) is 5.67. The molecule has 0 saturated carbocycles. The third kappa shape index (κ3) is 4.75. The molecular formula is C4H6Br2N2O2. The first-order chi connectivity index (χ1) is 4.70. The number of halogens is 2. The quantitative estimate of drug-likeness (QED) is 0.546. The summed E-state index contributed by atoms with van der Waals surface area (Å²) in [5.74, 6) is -0.566. The van der Waals surface area contributed by atoms with E-state index in [2.05, 4.69) is 42.7 Å². The highest BCUT2D eigenvalue weighted by atomic mass is 79.9. The van der Waals surface area contributed by atoms with E-state index in [0.717, 1.165) is 0 Å². The Morgan fingerprint density at radius 2 is 1.30 bits per heavy atom. The molecule has 0 atom stereocenters. The first-order valence-corrected chi connectivity index (χ1v) is 4.64. The van der Waals surface area contributed by atoms with Gasteiger partial charge in [0.1, 0.15) is 0 Å². The molecule has 0 aromatic rings. The number of hydrazine groups is 1. The molecule has 0 fully saturated rings. The minimum atomic E-state index is -0.283. The molecule has 0 saturated heterocycles. The molecule has 0 aromatic heterocycles. The lowest BCUT2D eigenvalue weighted by Gasteiger charge is -2.01. The number of carbonyl (C=O) groups is 2. The van der Waals surface area contributed by atoms with E-state index in [1.165, 1.54) is 0 Å². The second-order valence-corrected chi connectivity index (χ2v) is 2.49. The maximum Gasteiger partial charge on any atom is 0.249 e. The Morgan fingerprint density at radius 1 is 1.00 bits per heavy atom. The maximum atomic E-state index is 10.4. The van der Waals surface area contributed by atoms with Crippen molar-refractivity contribution in [2.24, 2.45) is 0 Å². The van der Waals surface area contributed by atoms with Crippen LogP contribution in [0.1, 0.15) is 0 Å². The second-order valence-electron chi connectivity index (χ2n) is 1.36. The Kier molecular flexibility index (Phi) is 5.61. The van der Waals surface area contributed by atoms with Gasteiger partial charge in [0.05, 0.1) is 10.7 Å². The first kappa shape index (κ1) is 9.90. The molecule has 0 aromatic carbocycles. The molecule has 2 amide bonds. The van der Waals surface area contributed by atoms with Crippen molar-refractivity contribution in [3.05, 3.63) is 0 Å². The topological polar surface area (TPSA) is 58.2 Å². The number of carbonyl (C=O) groups excluding carboxylic acids is 2. The molecule has 0 unspecified atom stereocenters. The van der Waals surface area contributed by atoms with Gasteiger partial charge in [-0.2, -0.15) is 0 Å². The van der Waals surface area contributed by atoms with Crippen molar-refractivity contribution in [2.75, 3.05) is 10.7 Å². The van der Waals surface area contributed by atoms with Crippen LogP contribution in [0.3, 0.4) is 0 Å². The van der Waals surface area contributed by atoms with Gasteiger partial charge in [-0.1, -0.05) is 31.9 Å². The fourth-order valence-corrected chi connectivity index (χ4v) is 0.487. The maximum absolute atomic E-state index is 10.4. The van der Waals surface area contributed by atoms with Gasteiger partial charge in [-0.3, -0.25) is 20.4 Å². The van der Waals surface area contributed by atoms with Gasteiger partial charge in [-0.15, -0.1) is 0 Å². The number of rotatable bonds is 2. The molecule has 10 heavy (non-hydrogen) atoms. The highest BCUT2D eigenvalue weighted by Crippen LogP contribution is 1.78. The van der Waals surface area contributed by atoms with E-state index in [4.69, 9.17) is 0 Å². The predicted octanol–water partition coefficient (Wildman–Crippen LogP) is -0.0764. The molecule has 0 aliphatic rings. The Morgan fingerprint density at radius 3 is 1.50 bits per heavy atom. The fourth-order valence-electron chi connectivity index (χ4n) is 0.206. The lowest BCUT2D eigenvalue weighted by Crippen LogP contribution is -2.42. The molecule has 2 N–H and O–H groups in total. The van der Waals surface area contributed by atoms with Crippen molar-refractivity contribution >= 4 is 43.7 Å². The van der Waals surface area contributed by atoms with E-state index < -0.39 is 0 Å². The third-order valence-corrected chi connectivity index (χ3v) is 1.60. The molecule has 0 heterocycles. The molecule has 0 bridgehead atoms. The number of alkyl halides is 2. The smallest absolute Gasteiger partial charge is 0.249 e. The highest BCUT2D eigenvalue weighted by Gasteiger charge is 1.99. The van der Waals surface area contributed by atoms with Gasteiger partial charge in [0, 0.05) is 0 Å². The first-order valence-electron chi connectivity index (χ1n) is 2.40. The number of hydrogen-bond acceptors (Lipinski definition) is 2. The van der Waals surface area contributed by atoms with Crippen LogP contribution in [0.25, 0.3) is 0 Å². The normalized spacial score (nSPS) is 8.60. The molecular weight excluding hydrogens is 268 g/mol. The van der Waals surface area contributed by atoms with E-state index in [9.17, 15) is 9.59 Å². The molecule has 0 aliphatic heterocycles. The fraction of sp³-hybridized carbons (Fsp3) is 0.500. The summed E-state index contributed by atoms with van der Waals surface area (Å²) in [7, 11) is 0. The van der Waals surface area contributed by atoms with E-state index >= 15 is 0 Å². The van der Waals surface area contributed by atoms with Gasteiger partial charge in [0.2, 0.25) is 11.8 Å². The van der Waals surface area contributed by atoms with Crippen LogP contribution >= 0.6 is 31.9 Å². The van der Waals surface area contributed by atoms with Gasteiger partial charge in [-0.25, -0.2) is 0 Å². The Bertz CT molecular complexity index is 123. The van der Waals surface area contributed by atoms with Crippen molar-refractivity contribution in [1.82, 2.24) is 10.9 Å². The molecule has 0 aliphatic carbocycles. The lowest BCUT2D eigenvalue weighted by molar-refractivity contribution is -0.126. The number of hydrogen-bond donors (Lipinski definition) is 2. The van der Waals surface area contributed by atoms with Gasteiger partial charge < -0.3 is 0 Å². The van der Waals surface area contributed by atoms with E-state index in [1.807, 2.05) is 0 Å². The van der Waals surface area contributed by atoms with Gasteiger partial charge in [-0.05, 0) is 0 Å². The van der Waals surface area contributed by atoms with Crippen molar-refractivity contribution in [3.63, 3.8) is 0 Å². The molecule has 58 valence electrons. The van der Waals surface area contributed by atoms with Gasteiger partial charge in [0.15, 0.2) is 0 Å². The average Bonchev–Trinajstić information content (AvgIpc) is 1.99.